The summed E-state index contributed by atoms with van der Waals surface area (Å²) in [5.74, 6) is 0. The monoisotopic (exact) mass is 268 g/mol. The van der Waals surface area contributed by atoms with Crippen molar-refractivity contribution in [3.05, 3.63) is 42.2 Å². The molecule has 2 atom stereocenters. The van der Waals surface area contributed by atoms with E-state index in [1.807, 2.05) is 24.5 Å². The number of aliphatic hydroxyl groups is 1. The van der Waals surface area contributed by atoms with Gasteiger partial charge in [0.1, 0.15) is 0 Å². The van der Waals surface area contributed by atoms with Gasteiger partial charge in [-0.25, -0.2) is 0 Å². The second-order valence-corrected chi connectivity index (χ2v) is 6.22. The number of rotatable bonds is 1. The molecular formula is C17H20N2O. The van der Waals surface area contributed by atoms with Crippen LogP contribution in [0, 0.1) is 0 Å². The fraction of sp³-hybridized carbons (Fsp3) is 0.471. The Morgan fingerprint density at radius 2 is 2.20 bits per heavy atom. The minimum absolute atomic E-state index is 0.561. The van der Waals surface area contributed by atoms with Crippen LogP contribution in [0.3, 0.4) is 0 Å². The largest absolute Gasteiger partial charge is 0.385 e. The quantitative estimate of drug-likeness (QED) is 0.864. The third kappa shape index (κ3) is 1.85. The molecule has 2 aromatic rings. The Labute approximate surface area is 119 Å². The lowest BCUT2D eigenvalue weighted by atomic mass is 9.79. The van der Waals surface area contributed by atoms with Crippen molar-refractivity contribution in [1.82, 2.24) is 9.88 Å². The summed E-state index contributed by atoms with van der Waals surface area (Å²) in [6.07, 6.45) is 7.92. The predicted octanol–water partition coefficient (Wildman–Crippen LogP) is 2.68. The van der Waals surface area contributed by atoms with Crippen molar-refractivity contribution in [3.8, 4) is 0 Å². The molecule has 2 aliphatic rings. The van der Waals surface area contributed by atoms with Crippen LogP contribution in [-0.4, -0.2) is 34.1 Å². The van der Waals surface area contributed by atoms with Crippen LogP contribution in [0.5, 0.6) is 0 Å². The normalized spacial score (nSPS) is 30.6. The van der Waals surface area contributed by atoms with Gasteiger partial charge in [-0.05, 0) is 49.2 Å². The van der Waals surface area contributed by atoms with Crippen LogP contribution in [0.15, 0.2) is 36.7 Å². The first kappa shape index (κ1) is 12.3. The summed E-state index contributed by atoms with van der Waals surface area (Å²) in [5, 5.41) is 13.5. The fourth-order valence-electron chi connectivity index (χ4n) is 4.01. The van der Waals surface area contributed by atoms with E-state index in [0.29, 0.717) is 6.04 Å². The Balaban J connectivity index is 1.78. The number of aromatic nitrogens is 1. The lowest BCUT2D eigenvalue weighted by Crippen LogP contribution is -2.46. The maximum atomic E-state index is 11.2. The summed E-state index contributed by atoms with van der Waals surface area (Å²) < 4.78 is 0. The van der Waals surface area contributed by atoms with Gasteiger partial charge in [-0.3, -0.25) is 4.98 Å². The third-order valence-corrected chi connectivity index (χ3v) is 5.07. The van der Waals surface area contributed by atoms with Crippen LogP contribution in [0.25, 0.3) is 10.8 Å². The highest BCUT2D eigenvalue weighted by Crippen LogP contribution is 2.41. The van der Waals surface area contributed by atoms with Crippen LogP contribution >= 0.6 is 0 Å². The molecule has 20 heavy (non-hydrogen) atoms. The van der Waals surface area contributed by atoms with E-state index < -0.39 is 5.60 Å². The summed E-state index contributed by atoms with van der Waals surface area (Å²) in [5.41, 5.74) is 0.413. The van der Waals surface area contributed by atoms with Crippen LogP contribution in [-0.2, 0) is 5.60 Å². The highest BCUT2D eigenvalue weighted by Gasteiger charge is 2.41. The van der Waals surface area contributed by atoms with E-state index in [9.17, 15) is 5.11 Å². The van der Waals surface area contributed by atoms with Gasteiger partial charge in [-0.1, -0.05) is 18.2 Å². The van der Waals surface area contributed by atoms with Gasteiger partial charge in [-0.15, -0.1) is 0 Å². The van der Waals surface area contributed by atoms with E-state index in [2.05, 4.69) is 22.0 Å². The zero-order chi connectivity index (χ0) is 13.6. The summed E-state index contributed by atoms with van der Waals surface area (Å²) in [6, 6.07) is 8.79. The molecule has 1 aromatic carbocycles. The minimum Gasteiger partial charge on any atom is -0.385 e. The Bertz CT molecular complexity index is 636. The lowest BCUT2D eigenvalue weighted by Gasteiger charge is -2.41. The van der Waals surface area contributed by atoms with Crippen LogP contribution in [0.4, 0.5) is 0 Å². The predicted molar refractivity (Wildman–Crippen MR) is 79.5 cm³/mol. The number of hydrogen-bond acceptors (Lipinski definition) is 3. The number of fused-ring (bicyclic) bond motifs is 2. The molecule has 0 saturated carbocycles. The van der Waals surface area contributed by atoms with Crippen molar-refractivity contribution < 1.29 is 5.11 Å². The first-order valence-corrected chi connectivity index (χ1v) is 7.56. The molecule has 2 unspecified atom stereocenters. The van der Waals surface area contributed by atoms with Gasteiger partial charge < -0.3 is 10.0 Å². The number of nitrogens with zero attached hydrogens (tertiary/aromatic N) is 2. The van der Waals surface area contributed by atoms with E-state index in [1.165, 1.54) is 19.4 Å². The number of hydrogen-bond donors (Lipinski definition) is 1. The molecule has 0 amide bonds. The van der Waals surface area contributed by atoms with Crippen LogP contribution < -0.4 is 0 Å². The standard InChI is InChI=1S/C17H20N2O/c20-17(7-10-19-9-2-4-14(19)11-17)16-5-1-3-13-12-18-8-6-15(13)16/h1,3,5-6,8,12,14,20H,2,4,7,9-11H2. The van der Waals surface area contributed by atoms with Crippen molar-refractivity contribution in [2.24, 2.45) is 0 Å². The van der Waals surface area contributed by atoms with Crippen LogP contribution in [0.1, 0.15) is 31.2 Å². The molecule has 1 aromatic heterocycles. The summed E-state index contributed by atoms with van der Waals surface area (Å²) in [7, 11) is 0. The zero-order valence-corrected chi connectivity index (χ0v) is 11.6. The van der Waals surface area contributed by atoms with Gasteiger partial charge in [0.15, 0.2) is 0 Å². The van der Waals surface area contributed by atoms with Gasteiger partial charge in [-0.2, -0.15) is 0 Å². The molecule has 1 N–H and O–H groups in total. The summed E-state index contributed by atoms with van der Waals surface area (Å²) in [6.45, 7) is 2.23. The van der Waals surface area contributed by atoms with Crippen molar-refractivity contribution in [3.63, 3.8) is 0 Å². The van der Waals surface area contributed by atoms with E-state index in [0.717, 1.165) is 35.7 Å². The average Bonchev–Trinajstić information content (AvgIpc) is 2.93. The third-order valence-electron chi connectivity index (χ3n) is 5.07. The van der Waals surface area contributed by atoms with Gasteiger partial charge in [0.25, 0.3) is 0 Å². The van der Waals surface area contributed by atoms with Crippen molar-refractivity contribution in [2.75, 3.05) is 13.1 Å². The van der Waals surface area contributed by atoms with Crippen molar-refractivity contribution in [2.45, 2.75) is 37.3 Å². The Kier molecular flexibility index (Phi) is 2.79. The lowest BCUT2D eigenvalue weighted by molar-refractivity contribution is -0.0397. The topological polar surface area (TPSA) is 36.4 Å². The second-order valence-electron chi connectivity index (χ2n) is 6.22. The van der Waals surface area contributed by atoms with Gasteiger partial charge in [0, 0.05) is 30.4 Å². The van der Waals surface area contributed by atoms with Crippen molar-refractivity contribution in [1.29, 1.82) is 0 Å². The van der Waals surface area contributed by atoms with E-state index >= 15 is 0 Å². The summed E-state index contributed by atoms with van der Waals surface area (Å²) in [4.78, 5) is 6.73. The van der Waals surface area contributed by atoms with E-state index in [-0.39, 0.29) is 0 Å². The molecule has 0 aliphatic carbocycles. The second kappa shape index (κ2) is 4.54. The number of pyridine rings is 1. The van der Waals surface area contributed by atoms with Gasteiger partial charge >= 0.3 is 0 Å². The number of benzene rings is 1. The molecule has 0 spiro atoms. The minimum atomic E-state index is -0.674. The molecule has 104 valence electrons. The summed E-state index contributed by atoms with van der Waals surface area (Å²) >= 11 is 0. The molecular weight excluding hydrogens is 248 g/mol. The molecule has 2 aliphatic heterocycles. The zero-order valence-electron chi connectivity index (χ0n) is 11.6. The molecule has 3 nitrogen and oxygen atoms in total. The molecule has 0 bridgehead atoms. The molecule has 2 saturated heterocycles. The number of piperidine rings is 1. The van der Waals surface area contributed by atoms with Gasteiger partial charge in [0.05, 0.1) is 5.60 Å². The fourth-order valence-corrected chi connectivity index (χ4v) is 4.01. The SMILES string of the molecule is OC1(c2cccc3cnccc23)CCN2CCCC2C1. The first-order valence-electron chi connectivity index (χ1n) is 7.56. The highest BCUT2D eigenvalue weighted by molar-refractivity contribution is 5.85. The molecule has 3 heterocycles. The molecule has 3 heteroatoms. The molecule has 4 rings (SSSR count). The average molecular weight is 268 g/mol. The maximum absolute atomic E-state index is 11.2. The maximum Gasteiger partial charge on any atom is 0.0929 e. The Morgan fingerprint density at radius 3 is 3.15 bits per heavy atom. The van der Waals surface area contributed by atoms with Gasteiger partial charge in [0.2, 0.25) is 0 Å². The molecule has 2 fully saturated rings. The van der Waals surface area contributed by atoms with Crippen molar-refractivity contribution >= 4 is 10.8 Å². The smallest absolute Gasteiger partial charge is 0.0929 e. The Hall–Kier alpha value is -1.45. The van der Waals surface area contributed by atoms with E-state index in [4.69, 9.17) is 0 Å². The Morgan fingerprint density at radius 1 is 1.25 bits per heavy atom. The van der Waals surface area contributed by atoms with Crippen LogP contribution in [0.2, 0.25) is 0 Å². The molecule has 0 radical (unpaired) electrons. The van der Waals surface area contributed by atoms with E-state index in [1.54, 1.807) is 0 Å². The highest BCUT2D eigenvalue weighted by atomic mass is 16.3. The first-order chi connectivity index (χ1) is 9.76.